The molecule has 114 valence electrons. The number of hydrogen-bond acceptors (Lipinski definition) is 1. The molecule has 1 heteroatoms. The Bertz CT molecular complexity index is 562. The van der Waals surface area contributed by atoms with E-state index in [9.17, 15) is 0 Å². The maximum atomic E-state index is 4.50. The summed E-state index contributed by atoms with van der Waals surface area (Å²) in [5.74, 6) is 0.530. The van der Waals surface area contributed by atoms with E-state index in [1.807, 2.05) is 6.08 Å². The van der Waals surface area contributed by atoms with E-state index < -0.39 is 0 Å². The Morgan fingerprint density at radius 1 is 1.24 bits per heavy atom. The van der Waals surface area contributed by atoms with E-state index >= 15 is 0 Å². The van der Waals surface area contributed by atoms with E-state index in [1.165, 1.54) is 42.2 Å². The van der Waals surface area contributed by atoms with Crippen LogP contribution in [0, 0.1) is 20.8 Å². The van der Waals surface area contributed by atoms with Gasteiger partial charge in [0.15, 0.2) is 0 Å². The predicted molar refractivity (Wildman–Crippen MR) is 94.9 cm³/mol. The number of nitrogens with two attached hydrogens (primary N) is 1. The highest BCUT2D eigenvalue weighted by Crippen LogP contribution is 2.42. The zero-order chi connectivity index (χ0) is 16.0. The van der Waals surface area contributed by atoms with Crippen molar-refractivity contribution in [2.75, 3.05) is 7.05 Å². The maximum absolute atomic E-state index is 4.50. The van der Waals surface area contributed by atoms with Crippen LogP contribution < -0.4 is 5.73 Å². The third-order valence-electron chi connectivity index (χ3n) is 4.38. The second-order valence-electron chi connectivity index (χ2n) is 5.52. The SMILES string of the molecule is C=C/C(=C\C=C/C)C1CCc2c(C)cc(C)c(C)c21.CN. The van der Waals surface area contributed by atoms with Gasteiger partial charge in [-0.1, -0.05) is 36.9 Å². The second kappa shape index (κ2) is 7.99. The van der Waals surface area contributed by atoms with Crippen molar-refractivity contribution in [3.63, 3.8) is 0 Å². The zero-order valence-electron chi connectivity index (χ0n) is 14.2. The molecule has 0 spiro atoms. The molecule has 1 atom stereocenters. The van der Waals surface area contributed by atoms with Gasteiger partial charge in [-0.3, -0.25) is 0 Å². The zero-order valence-corrected chi connectivity index (χ0v) is 14.2. The Hall–Kier alpha value is -1.60. The highest BCUT2D eigenvalue weighted by molar-refractivity contribution is 5.53. The standard InChI is InChI=1S/C19H24.CH5N/c1-6-8-9-16(7-2)18-11-10-17-14(4)12-13(3)15(5)19(17)18;1-2/h6-9,12,18H,2,10-11H2,1,3-5H3;2H2,1H3/b8-6-,16-9+;. The largest absolute Gasteiger partial charge is 0.333 e. The van der Waals surface area contributed by atoms with Crippen molar-refractivity contribution in [2.24, 2.45) is 5.73 Å². The minimum absolute atomic E-state index is 0.530. The van der Waals surface area contributed by atoms with Crippen LogP contribution >= 0.6 is 0 Å². The first-order chi connectivity index (χ1) is 10.1. The van der Waals surface area contributed by atoms with Crippen LogP contribution in [0.4, 0.5) is 0 Å². The summed E-state index contributed by atoms with van der Waals surface area (Å²) < 4.78 is 0. The summed E-state index contributed by atoms with van der Waals surface area (Å²) in [6.45, 7) is 12.8. The molecule has 1 aromatic rings. The predicted octanol–water partition coefficient (Wildman–Crippen LogP) is 4.91. The Morgan fingerprint density at radius 3 is 2.48 bits per heavy atom. The summed E-state index contributed by atoms with van der Waals surface area (Å²) in [5.41, 5.74) is 13.3. The van der Waals surface area contributed by atoms with Gasteiger partial charge in [-0.15, -0.1) is 0 Å². The number of fused-ring (bicyclic) bond motifs is 1. The molecule has 0 heterocycles. The van der Waals surface area contributed by atoms with E-state index in [0.717, 1.165) is 0 Å². The molecule has 2 N–H and O–H groups in total. The van der Waals surface area contributed by atoms with Crippen molar-refractivity contribution in [3.8, 4) is 0 Å². The van der Waals surface area contributed by atoms with Gasteiger partial charge in [-0.25, -0.2) is 0 Å². The molecule has 2 rings (SSSR count). The topological polar surface area (TPSA) is 26.0 Å². The summed E-state index contributed by atoms with van der Waals surface area (Å²) in [6, 6.07) is 2.33. The van der Waals surface area contributed by atoms with Crippen molar-refractivity contribution in [1.29, 1.82) is 0 Å². The van der Waals surface area contributed by atoms with E-state index in [-0.39, 0.29) is 0 Å². The van der Waals surface area contributed by atoms with Gasteiger partial charge in [0.25, 0.3) is 0 Å². The third-order valence-corrected chi connectivity index (χ3v) is 4.38. The monoisotopic (exact) mass is 283 g/mol. The van der Waals surface area contributed by atoms with Gasteiger partial charge >= 0.3 is 0 Å². The molecule has 1 aromatic carbocycles. The lowest BCUT2D eigenvalue weighted by Crippen LogP contribution is -2.01. The fraction of sp³-hybridized carbons (Fsp3) is 0.400. The van der Waals surface area contributed by atoms with Gasteiger partial charge in [-0.05, 0) is 81.0 Å². The Kier molecular flexibility index (Phi) is 6.64. The highest BCUT2D eigenvalue weighted by Gasteiger charge is 2.27. The second-order valence-corrected chi connectivity index (χ2v) is 5.52. The molecule has 0 aromatic heterocycles. The van der Waals surface area contributed by atoms with Gasteiger partial charge in [0, 0.05) is 5.92 Å². The molecule has 1 aliphatic carbocycles. The molecule has 0 saturated carbocycles. The number of hydrogen-bond donors (Lipinski definition) is 1. The Balaban J connectivity index is 0.00000106. The average molecular weight is 283 g/mol. The van der Waals surface area contributed by atoms with Gasteiger partial charge in [0.1, 0.15) is 0 Å². The Morgan fingerprint density at radius 2 is 1.90 bits per heavy atom. The fourth-order valence-corrected chi connectivity index (χ4v) is 3.27. The van der Waals surface area contributed by atoms with Crippen LogP contribution in [-0.2, 0) is 6.42 Å². The van der Waals surface area contributed by atoms with Crippen LogP contribution in [0.25, 0.3) is 0 Å². The number of benzene rings is 1. The average Bonchev–Trinajstić information content (AvgIpc) is 2.93. The summed E-state index contributed by atoms with van der Waals surface area (Å²) in [4.78, 5) is 0. The third kappa shape index (κ3) is 3.54. The van der Waals surface area contributed by atoms with Crippen molar-refractivity contribution < 1.29 is 0 Å². The molecule has 1 aliphatic rings. The molecule has 0 bridgehead atoms. The lowest BCUT2D eigenvalue weighted by molar-refractivity contribution is 0.783. The summed E-state index contributed by atoms with van der Waals surface area (Å²) in [7, 11) is 1.50. The quantitative estimate of drug-likeness (QED) is 0.784. The molecule has 0 saturated heterocycles. The van der Waals surface area contributed by atoms with Crippen molar-refractivity contribution in [1.82, 2.24) is 0 Å². The van der Waals surface area contributed by atoms with Gasteiger partial charge < -0.3 is 5.73 Å². The van der Waals surface area contributed by atoms with Crippen LogP contribution in [-0.4, -0.2) is 7.05 Å². The first kappa shape index (κ1) is 17.5. The first-order valence-electron chi connectivity index (χ1n) is 7.72. The van der Waals surface area contributed by atoms with Crippen LogP contribution in [0.3, 0.4) is 0 Å². The van der Waals surface area contributed by atoms with E-state index in [4.69, 9.17) is 0 Å². The molecule has 21 heavy (non-hydrogen) atoms. The number of allylic oxidation sites excluding steroid dienone is 5. The lowest BCUT2D eigenvalue weighted by atomic mass is 9.86. The number of aryl methyl sites for hydroxylation is 2. The van der Waals surface area contributed by atoms with Gasteiger partial charge in [0.2, 0.25) is 0 Å². The fourth-order valence-electron chi connectivity index (χ4n) is 3.27. The van der Waals surface area contributed by atoms with Gasteiger partial charge in [-0.2, -0.15) is 0 Å². The van der Waals surface area contributed by atoms with Gasteiger partial charge in [0.05, 0.1) is 0 Å². The molecule has 1 unspecified atom stereocenters. The molecular formula is C20H29N. The van der Waals surface area contributed by atoms with E-state index in [1.54, 1.807) is 11.1 Å². The summed E-state index contributed by atoms with van der Waals surface area (Å²) in [6.07, 6.45) is 10.9. The van der Waals surface area contributed by atoms with Crippen molar-refractivity contribution in [2.45, 2.75) is 46.5 Å². The normalized spacial score (nSPS) is 17.4. The maximum Gasteiger partial charge on any atom is 0.00978 e. The Labute approximate surface area is 130 Å². The van der Waals surface area contributed by atoms with E-state index in [0.29, 0.717) is 5.92 Å². The van der Waals surface area contributed by atoms with Crippen LogP contribution in [0.1, 0.15) is 47.1 Å². The lowest BCUT2D eigenvalue weighted by Gasteiger charge is -2.18. The molecule has 0 aliphatic heterocycles. The molecule has 0 fully saturated rings. The van der Waals surface area contributed by atoms with E-state index in [2.05, 4.69) is 64.3 Å². The molecular weight excluding hydrogens is 254 g/mol. The molecule has 0 amide bonds. The number of rotatable bonds is 3. The minimum Gasteiger partial charge on any atom is -0.333 e. The minimum atomic E-state index is 0.530. The van der Waals surface area contributed by atoms with Crippen molar-refractivity contribution in [3.05, 3.63) is 70.3 Å². The van der Waals surface area contributed by atoms with Crippen LogP contribution in [0.5, 0.6) is 0 Å². The van der Waals surface area contributed by atoms with Crippen LogP contribution in [0.15, 0.2) is 42.5 Å². The summed E-state index contributed by atoms with van der Waals surface area (Å²) in [5, 5.41) is 0. The first-order valence-corrected chi connectivity index (χ1v) is 7.72. The summed E-state index contributed by atoms with van der Waals surface area (Å²) >= 11 is 0. The smallest absolute Gasteiger partial charge is 0.00978 e. The van der Waals surface area contributed by atoms with Crippen LogP contribution in [0.2, 0.25) is 0 Å². The molecule has 1 nitrogen and oxygen atoms in total. The van der Waals surface area contributed by atoms with Crippen molar-refractivity contribution >= 4 is 0 Å². The highest BCUT2D eigenvalue weighted by atomic mass is 14.4. The molecule has 0 radical (unpaired) electrons.